The maximum atomic E-state index is 10.8. The molecular formula is C7H14ClNO2. The SMILES string of the molecule is C=C(CNC)C(=O)OCC.Cl. The van der Waals surface area contributed by atoms with E-state index >= 15 is 0 Å². The average Bonchev–Trinajstić information content (AvgIpc) is 1.89. The predicted octanol–water partition coefficient (Wildman–Crippen LogP) is 0.747. The number of carbonyl (C=O) groups excluding carboxylic acids is 1. The molecule has 0 amide bonds. The van der Waals surface area contributed by atoms with Crippen molar-refractivity contribution in [3.05, 3.63) is 12.2 Å². The summed E-state index contributed by atoms with van der Waals surface area (Å²) in [5, 5.41) is 2.81. The van der Waals surface area contributed by atoms with E-state index in [1.54, 1.807) is 14.0 Å². The van der Waals surface area contributed by atoms with Gasteiger partial charge in [-0.05, 0) is 14.0 Å². The van der Waals surface area contributed by atoms with Crippen LogP contribution < -0.4 is 5.32 Å². The van der Waals surface area contributed by atoms with Gasteiger partial charge in [0.1, 0.15) is 0 Å². The molecule has 0 aromatic heterocycles. The molecule has 0 fully saturated rings. The summed E-state index contributed by atoms with van der Waals surface area (Å²) in [6.07, 6.45) is 0. The molecule has 0 saturated heterocycles. The Balaban J connectivity index is 0. The highest BCUT2D eigenvalue weighted by Gasteiger charge is 2.04. The fraction of sp³-hybridized carbons (Fsp3) is 0.571. The van der Waals surface area contributed by atoms with Gasteiger partial charge in [-0.1, -0.05) is 6.58 Å². The van der Waals surface area contributed by atoms with Crippen molar-refractivity contribution in [3.63, 3.8) is 0 Å². The van der Waals surface area contributed by atoms with Crippen LogP contribution in [0.3, 0.4) is 0 Å². The van der Waals surface area contributed by atoms with Crippen molar-refractivity contribution in [3.8, 4) is 0 Å². The van der Waals surface area contributed by atoms with Crippen LogP contribution in [0.4, 0.5) is 0 Å². The van der Waals surface area contributed by atoms with Crippen molar-refractivity contribution < 1.29 is 9.53 Å². The summed E-state index contributed by atoms with van der Waals surface area (Å²) in [6, 6.07) is 0. The number of halogens is 1. The van der Waals surface area contributed by atoms with Crippen molar-refractivity contribution in [2.45, 2.75) is 6.92 Å². The molecule has 0 saturated carbocycles. The summed E-state index contributed by atoms with van der Waals surface area (Å²) in [5.41, 5.74) is 0.462. The van der Waals surface area contributed by atoms with Gasteiger partial charge in [0.05, 0.1) is 6.61 Å². The molecule has 0 atom stereocenters. The molecule has 4 heteroatoms. The number of carbonyl (C=O) groups is 1. The van der Waals surface area contributed by atoms with Gasteiger partial charge in [-0.25, -0.2) is 4.79 Å². The third-order valence-electron chi connectivity index (χ3n) is 0.954. The monoisotopic (exact) mass is 179 g/mol. The normalized spacial score (nSPS) is 8.18. The van der Waals surface area contributed by atoms with Crippen molar-refractivity contribution >= 4 is 18.4 Å². The number of hydrogen-bond acceptors (Lipinski definition) is 3. The molecule has 0 heterocycles. The van der Waals surface area contributed by atoms with E-state index in [-0.39, 0.29) is 18.4 Å². The number of ether oxygens (including phenoxy) is 1. The number of likely N-dealkylation sites (N-methyl/N-ethyl adjacent to an activating group) is 1. The average molecular weight is 180 g/mol. The van der Waals surface area contributed by atoms with Crippen molar-refractivity contribution in [2.75, 3.05) is 20.2 Å². The van der Waals surface area contributed by atoms with Crippen molar-refractivity contribution in [1.29, 1.82) is 0 Å². The number of hydrogen-bond donors (Lipinski definition) is 1. The van der Waals surface area contributed by atoms with E-state index in [1.807, 2.05) is 0 Å². The molecule has 0 aliphatic heterocycles. The second-order valence-corrected chi connectivity index (χ2v) is 1.85. The lowest BCUT2D eigenvalue weighted by Crippen LogP contribution is -2.17. The van der Waals surface area contributed by atoms with Crippen LogP contribution in [0.25, 0.3) is 0 Å². The smallest absolute Gasteiger partial charge is 0.334 e. The van der Waals surface area contributed by atoms with Gasteiger partial charge in [0.2, 0.25) is 0 Å². The summed E-state index contributed by atoms with van der Waals surface area (Å²) in [7, 11) is 1.75. The first kappa shape index (κ1) is 13.1. The molecule has 0 aromatic carbocycles. The van der Waals surface area contributed by atoms with Crippen LogP contribution in [-0.2, 0) is 9.53 Å². The van der Waals surface area contributed by atoms with Gasteiger partial charge in [-0.2, -0.15) is 0 Å². The van der Waals surface area contributed by atoms with Crippen LogP contribution in [0, 0.1) is 0 Å². The Labute approximate surface area is 73.2 Å². The van der Waals surface area contributed by atoms with Crippen LogP contribution in [0.15, 0.2) is 12.2 Å². The van der Waals surface area contributed by atoms with E-state index in [0.717, 1.165) is 0 Å². The van der Waals surface area contributed by atoms with E-state index in [0.29, 0.717) is 18.7 Å². The Kier molecular flexibility index (Phi) is 9.00. The van der Waals surface area contributed by atoms with Crippen molar-refractivity contribution in [1.82, 2.24) is 5.32 Å². The third-order valence-corrected chi connectivity index (χ3v) is 0.954. The predicted molar refractivity (Wildman–Crippen MR) is 46.9 cm³/mol. The minimum Gasteiger partial charge on any atom is -0.463 e. The third kappa shape index (κ3) is 5.88. The van der Waals surface area contributed by atoms with Gasteiger partial charge in [-0.15, -0.1) is 12.4 Å². The second-order valence-electron chi connectivity index (χ2n) is 1.85. The molecule has 0 aliphatic carbocycles. The maximum absolute atomic E-state index is 10.8. The molecule has 0 radical (unpaired) electrons. The quantitative estimate of drug-likeness (QED) is 0.511. The first-order valence-corrected chi connectivity index (χ1v) is 3.21. The molecule has 0 unspecified atom stereocenters. The summed E-state index contributed by atoms with van der Waals surface area (Å²) in [6.45, 7) is 6.18. The molecular weight excluding hydrogens is 166 g/mol. The zero-order valence-electron chi connectivity index (χ0n) is 6.85. The van der Waals surface area contributed by atoms with E-state index in [1.165, 1.54) is 0 Å². The largest absolute Gasteiger partial charge is 0.463 e. The Hall–Kier alpha value is -0.540. The lowest BCUT2D eigenvalue weighted by Gasteiger charge is -2.02. The Morgan fingerprint density at radius 3 is 2.55 bits per heavy atom. The van der Waals surface area contributed by atoms with Gasteiger partial charge in [0, 0.05) is 12.1 Å². The summed E-state index contributed by atoms with van der Waals surface area (Å²) in [5.74, 6) is -0.322. The molecule has 0 spiro atoms. The molecule has 3 nitrogen and oxygen atoms in total. The van der Waals surface area contributed by atoms with Crippen LogP contribution in [0.5, 0.6) is 0 Å². The molecule has 0 rings (SSSR count). The van der Waals surface area contributed by atoms with Crippen molar-refractivity contribution in [2.24, 2.45) is 0 Å². The van der Waals surface area contributed by atoms with Gasteiger partial charge in [0.15, 0.2) is 0 Å². The lowest BCUT2D eigenvalue weighted by molar-refractivity contribution is -0.138. The zero-order valence-corrected chi connectivity index (χ0v) is 7.66. The highest BCUT2D eigenvalue weighted by atomic mass is 35.5. The Morgan fingerprint density at radius 2 is 2.18 bits per heavy atom. The van der Waals surface area contributed by atoms with Gasteiger partial charge < -0.3 is 10.1 Å². The Morgan fingerprint density at radius 1 is 1.64 bits per heavy atom. The number of nitrogens with one attached hydrogen (secondary N) is 1. The highest BCUT2D eigenvalue weighted by molar-refractivity contribution is 5.88. The fourth-order valence-electron chi connectivity index (χ4n) is 0.519. The minimum atomic E-state index is -0.322. The molecule has 11 heavy (non-hydrogen) atoms. The number of rotatable bonds is 4. The lowest BCUT2D eigenvalue weighted by atomic mass is 10.3. The van der Waals surface area contributed by atoms with Crippen LogP contribution in [0.2, 0.25) is 0 Å². The van der Waals surface area contributed by atoms with E-state index in [4.69, 9.17) is 0 Å². The molecule has 0 aliphatic rings. The van der Waals surface area contributed by atoms with E-state index in [9.17, 15) is 4.79 Å². The molecule has 66 valence electrons. The van der Waals surface area contributed by atoms with Crippen LogP contribution in [0.1, 0.15) is 6.92 Å². The number of esters is 1. The highest BCUT2D eigenvalue weighted by Crippen LogP contribution is 1.91. The van der Waals surface area contributed by atoms with Gasteiger partial charge in [-0.3, -0.25) is 0 Å². The summed E-state index contributed by atoms with van der Waals surface area (Å²) in [4.78, 5) is 10.8. The molecule has 0 bridgehead atoms. The summed E-state index contributed by atoms with van der Waals surface area (Å²) >= 11 is 0. The van der Waals surface area contributed by atoms with E-state index in [2.05, 4.69) is 16.6 Å². The van der Waals surface area contributed by atoms with Gasteiger partial charge >= 0.3 is 5.97 Å². The first-order chi connectivity index (χ1) is 4.72. The standard InChI is InChI=1S/C7H13NO2.ClH/c1-4-10-7(9)6(2)5-8-3;/h8H,2,4-5H2,1,3H3;1H. The van der Waals surface area contributed by atoms with Gasteiger partial charge in [0.25, 0.3) is 0 Å². The second kappa shape index (κ2) is 7.57. The minimum absolute atomic E-state index is 0. The Bertz CT molecular complexity index is 120. The maximum Gasteiger partial charge on any atom is 0.334 e. The first-order valence-electron chi connectivity index (χ1n) is 3.21. The zero-order chi connectivity index (χ0) is 7.98. The fourth-order valence-corrected chi connectivity index (χ4v) is 0.519. The topological polar surface area (TPSA) is 38.3 Å². The van der Waals surface area contributed by atoms with E-state index < -0.39 is 0 Å². The van der Waals surface area contributed by atoms with Crippen LogP contribution >= 0.6 is 12.4 Å². The molecule has 1 N–H and O–H groups in total. The molecule has 0 aromatic rings. The summed E-state index contributed by atoms with van der Waals surface area (Å²) < 4.78 is 4.68. The van der Waals surface area contributed by atoms with Crippen LogP contribution in [-0.4, -0.2) is 26.2 Å².